The van der Waals surface area contributed by atoms with Gasteiger partial charge in [0.05, 0.1) is 0 Å². The molecule has 1 fully saturated rings. The molecule has 0 N–H and O–H groups in total. The van der Waals surface area contributed by atoms with Crippen molar-refractivity contribution in [1.29, 1.82) is 0 Å². The first-order chi connectivity index (χ1) is 34.5. The Morgan fingerprint density at radius 2 is 0.786 bits per heavy atom. The van der Waals surface area contributed by atoms with E-state index < -0.39 is 7.14 Å². The van der Waals surface area contributed by atoms with Crippen molar-refractivity contribution < 1.29 is 4.57 Å². The maximum atomic E-state index is 15.6. The molecule has 1 aliphatic rings. The highest BCUT2D eigenvalue weighted by molar-refractivity contribution is 7.85. The van der Waals surface area contributed by atoms with Crippen LogP contribution in [-0.4, -0.2) is 15.0 Å². The van der Waals surface area contributed by atoms with Crippen LogP contribution in [-0.2, 0) is 9.98 Å². The fourth-order valence-corrected chi connectivity index (χ4v) is 13.7. The number of nitrogens with zero attached hydrogens (tertiary/aromatic N) is 3. The fraction of sp³-hybridized carbons (Fsp3) is 0.0923. The second kappa shape index (κ2) is 18.5. The molecule has 0 radical (unpaired) electrons. The van der Waals surface area contributed by atoms with Gasteiger partial charge in [0.2, 0.25) is 0 Å². The molecule has 1 aliphatic carbocycles. The molecule has 1 aromatic heterocycles. The van der Waals surface area contributed by atoms with E-state index in [4.69, 9.17) is 15.0 Å². The van der Waals surface area contributed by atoms with Crippen LogP contribution in [0.15, 0.2) is 243 Å². The highest BCUT2D eigenvalue weighted by Gasteiger charge is 2.36. The molecule has 0 amide bonds. The van der Waals surface area contributed by atoms with Gasteiger partial charge < -0.3 is 4.57 Å². The van der Waals surface area contributed by atoms with E-state index in [1.165, 1.54) is 41.3 Å². The number of hydrogen-bond donors (Lipinski definition) is 0. The van der Waals surface area contributed by atoms with Crippen molar-refractivity contribution in [3.8, 4) is 56.4 Å². The number of rotatable bonds is 10. The third-order valence-electron chi connectivity index (χ3n) is 14.5. The van der Waals surface area contributed by atoms with Crippen LogP contribution in [0.4, 0.5) is 0 Å². The minimum absolute atomic E-state index is 0.125. The molecular weight excluding hydrogens is 870 g/mol. The summed E-state index contributed by atoms with van der Waals surface area (Å²) < 4.78 is 15.6. The summed E-state index contributed by atoms with van der Waals surface area (Å²) in [6, 6.07) is 84.8. The first kappa shape index (κ1) is 43.3. The Balaban J connectivity index is 0.897. The Bertz CT molecular complexity index is 3640. The number of benzene rings is 10. The van der Waals surface area contributed by atoms with Crippen LogP contribution in [0.3, 0.4) is 0 Å². The van der Waals surface area contributed by atoms with Gasteiger partial charge in [-0.05, 0) is 79.9 Å². The van der Waals surface area contributed by atoms with E-state index in [0.717, 1.165) is 78.3 Å². The summed E-state index contributed by atoms with van der Waals surface area (Å²) in [6.07, 6.45) is 5.75. The van der Waals surface area contributed by atoms with Gasteiger partial charge in [0, 0.05) is 38.0 Å². The standard InChI is InChI=1S/C65H50N3OP/c69-70(56-21-7-2-8-22-56,57-23-9-3-10-24-57)61-42-41-58(59-25-13-14-26-60(59)61)49-33-37-54(38-34-49)65(43-15-4-16-44-65)55-39-35-51(36-40-55)63-66-62(50-30-27-48(28-31-50)46-17-5-1-6-18-46)67-64(68-63)53-32-29-47-19-11-12-20-52(47)45-53/h1-3,5-14,17-42,45H,4,15-16,43-44H2. The van der Waals surface area contributed by atoms with Gasteiger partial charge in [-0.2, -0.15) is 0 Å². The van der Waals surface area contributed by atoms with E-state index in [-0.39, 0.29) is 5.41 Å². The zero-order chi connectivity index (χ0) is 46.9. The lowest BCUT2D eigenvalue weighted by molar-refractivity contribution is 0.346. The van der Waals surface area contributed by atoms with Crippen molar-refractivity contribution in [3.05, 3.63) is 254 Å². The molecule has 10 aromatic carbocycles. The number of aromatic nitrogens is 3. The summed E-state index contributed by atoms with van der Waals surface area (Å²) in [4.78, 5) is 15.4. The summed E-state index contributed by atoms with van der Waals surface area (Å²) in [5.41, 5.74) is 9.97. The number of hydrogen-bond acceptors (Lipinski definition) is 4. The molecule has 4 nitrogen and oxygen atoms in total. The molecule has 5 heteroatoms. The lowest BCUT2D eigenvalue weighted by Crippen LogP contribution is -2.30. The molecule has 0 bridgehead atoms. The van der Waals surface area contributed by atoms with E-state index in [0.29, 0.717) is 17.5 Å². The highest BCUT2D eigenvalue weighted by atomic mass is 31.2. The lowest BCUT2D eigenvalue weighted by Gasteiger charge is -2.39. The minimum atomic E-state index is -3.19. The van der Waals surface area contributed by atoms with E-state index in [9.17, 15) is 0 Å². The van der Waals surface area contributed by atoms with Gasteiger partial charge in [0.1, 0.15) is 0 Å². The van der Waals surface area contributed by atoms with Crippen molar-refractivity contribution in [2.75, 3.05) is 0 Å². The Hall–Kier alpha value is -8.04. The molecule has 0 saturated heterocycles. The monoisotopic (exact) mass is 919 g/mol. The van der Waals surface area contributed by atoms with Crippen LogP contribution in [0, 0.1) is 0 Å². The smallest absolute Gasteiger partial charge is 0.171 e. The molecule has 1 heterocycles. The van der Waals surface area contributed by atoms with Crippen LogP contribution in [0.1, 0.15) is 43.2 Å². The van der Waals surface area contributed by atoms with E-state index >= 15 is 4.57 Å². The molecule has 70 heavy (non-hydrogen) atoms. The van der Waals surface area contributed by atoms with Gasteiger partial charge in [-0.3, -0.25) is 0 Å². The predicted molar refractivity (Wildman–Crippen MR) is 292 cm³/mol. The zero-order valence-electron chi connectivity index (χ0n) is 38.8. The summed E-state index contributed by atoms with van der Waals surface area (Å²) in [5.74, 6) is 1.94. The van der Waals surface area contributed by atoms with E-state index in [1.54, 1.807) is 0 Å². The van der Waals surface area contributed by atoms with Crippen molar-refractivity contribution in [3.63, 3.8) is 0 Å². The second-order valence-electron chi connectivity index (χ2n) is 18.6. The van der Waals surface area contributed by atoms with Gasteiger partial charge in [0.25, 0.3) is 0 Å². The summed E-state index contributed by atoms with van der Waals surface area (Å²) >= 11 is 0. The average Bonchev–Trinajstić information content (AvgIpc) is 3.45. The van der Waals surface area contributed by atoms with Crippen LogP contribution in [0.25, 0.3) is 78.0 Å². The molecule has 0 aliphatic heterocycles. The third-order valence-corrected chi connectivity index (χ3v) is 17.6. The van der Waals surface area contributed by atoms with Gasteiger partial charge in [-0.25, -0.2) is 15.0 Å². The fourth-order valence-electron chi connectivity index (χ4n) is 10.9. The molecule has 0 unspecified atom stereocenters. The topological polar surface area (TPSA) is 55.7 Å². The van der Waals surface area contributed by atoms with Gasteiger partial charge in [-0.15, -0.1) is 0 Å². The van der Waals surface area contributed by atoms with Crippen LogP contribution >= 0.6 is 7.14 Å². The average molecular weight is 920 g/mol. The first-order valence-corrected chi connectivity index (χ1v) is 26.1. The van der Waals surface area contributed by atoms with Crippen LogP contribution < -0.4 is 15.9 Å². The first-order valence-electron chi connectivity index (χ1n) is 24.4. The van der Waals surface area contributed by atoms with Crippen molar-refractivity contribution in [1.82, 2.24) is 15.0 Å². The van der Waals surface area contributed by atoms with Gasteiger partial charge >= 0.3 is 0 Å². The molecule has 1 saturated carbocycles. The van der Waals surface area contributed by atoms with Crippen molar-refractivity contribution >= 4 is 44.6 Å². The minimum Gasteiger partial charge on any atom is -0.309 e. The summed E-state index contributed by atoms with van der Waals surface area (Å²) in [7, 11) is -3.19. The summed E-state index contributed by atoms with van der Waals surface area (Å²) in [6.45, 7) is 0. The van der Waals surface area contributed by atoms with E-state index in [2.05, 4.69) is 176 Å². The van der Waals surface area contributed by atoms with Crippen molar-refractivity contribution in [2.24, 2.45) is 0 Å². The second-order valence-corrected chi connectivity index (χ2v) is 21.3. The Morgan fingerprint density at radius 1 is 0.343 bits per heavy atom. The van der Waals surface area contributed by atoms with Crippen LogP contribution in [0.2, 0.25) is 0 Å². The zero-order valence-corrected chi connectivity index (χ0v) is 39.7. The molecule has 11 aromatic rings. The maximum absolute atomic E-state index is 15.6. The Kier molecular flexibility index (Phi) is 11.4. The molecule has 12 rings (SSSR count). The molecule has 0 atom stereocenters. The van der Waals surface area contributed by atoms with Crippen LogP contribution in [0.5, 0.6) is 0 Å². The van der Waals surface area contributed by atoms with E-state index in [1.807, 2.05) is 66.7 Å². The quantitative estimate of drug-likeness (QED) is 0.128. The largest absolute Gasteiger partial charge is 0.309 e. The van der Waals surface area contributed by atoms with Crippen molar-refractivity contribution in [2.45, 2.75) is 37.5 Å². The predicted octanol–water partition coefficient (Wildman–Crippen LogP) is 15.4. The lowest BCUT2D eigenvalue weighted by atomic mass is 9.65. The highest BCUT2D eigenvalue weighted by Crippen LogP contribution is 2.48. The van der Waals surface area contributed by atoms with Gasteiger partial charge in [0.15, 0.2) is 24.6 Å². The molecule has 336 valence electrons. The molecular formula is C65H50N3OP. The Morgan fingerprint density at radius 3 is 1.39 bits per heavy atom. The third kappa shape index (κ3) is 7.95. The van der Waals surface area contributed by atoms with Gasteiger partial charge in [-0.1, -0.05) is 250 Å². The number of fused-ring (bicyclic) bond motifs is 2. The Labute approximate surface area is 409 Å². The normalized spacial score (nSPS) is 13.6. The maximum Gasteiger partial charge on any atom is 0.171 e. The SMILES string of the molecule is O=P(c1ccccc1)(c1ccccc1)c1ccc(-c2ccc(C3(c4ccc(-c5nc(-c6ccc(-c7ccccc7)cc6)nc(-c6ccc7ccccc7c6)n5)cc4)CCCCC3)cc2)c2ccccc12. The summed E-state index contributed by atoms with van der Waals surface area (Å²) in [5, 5.41) is 6.97. The molecule has 0 spiro atoms.